The summed E-state index contributed by atoms with van der Waals surface area (Å²) in [5.74, 6) is 0.941. The molecule has 4 heteroatoms. The number of aromatic nitrogens is 1. The Morgan fingerprint density at radius 2 is 2.31 bits per heavy atom. The molecule has 0 atom stereocenters. The van der Waals surface area contributed by atoms with Crippen LogP contribution < -0.4 is 11.1 Å². The zero-order chi connectivity index (χ0) is 11.4. The molecule has 86 valence electrons. The number of thiocarbonyl (C=S) groups is 1. The Bertz CT molecular complexity index is 357. The van der Waals surface area contributed by atoms with Crippen LogP contribution in [0.1, 0.15) is 31.4 Å². The largest absolute Gasteiger partial charge is 0.388 e. The first kappa shape index (κ1) is 11.3. The summed E-state index contributed by atoms with van der Waals surface area (Å²) in [6.07, 6.45) is 7.27. The second-order valence-electron chi connectivity index (χ2n) is 4.31. The maximum Gasteiger partial charge on any atom is 0.122 e. The Morgan fingerprint density at radius 1 is 1.50 bits per heavy atom. The van der Waals surface area contributed by atoms with Crippen LogP contribution >= 0.6 is 12.2 Å². The third kappa shape index (κ3) is 2.92. The van der Waals surface area contributed by atoms with Crippen LogP contribution in [0.25, 0.3) is 0 Å². The molecule has 1 aliphatic rings. The molecule has 0 aromatic carbocycles. The Balaban J connectivity index is 1.78. The van der Waals surface area contributed by atoms with Crippen molar-refractivity contribution in [1.82, 2.24) is 4.98 Å². The molecule has 2 rings (SSSR count). The number of hydrogen-bond donors (Lipinski definition) is 2. The van der Waals surface area contributed by atoms with Crippen LogP contribution in [0.4, 0.5) is 5.69 Å². The molecule has 0 bridgehead atoms. The van der Waals surface area contributed by atoms with E-state index in [2.05, 4.69) is 10.3 Å². The van der Waals surface area contributed by atoms with Crippen LogP contribution in [0.15, 0.2) is 18.3 Å². The predicted octanol–water partition coefficient (Wildman–Crippen LogP) is 2.32. The summed E-state index contributed by atoms with van der Waals surface area (Å²) >= 11 is 4.85. The number of rotatable bonds is 5. The zero-order valence-electron chi connectivity index (χ0n) is 9.28. The van der Waals surface area contributed by atoms with E-state index in [1.54, 1.807) is 6.20 Å². The van der Waals surface area contributed by atoms with E-state index in [1.807, 2.05) is 12.1 Å². The highest BCUT2D eigenvalue weighted by Crippen LogP contribution is 2.29. The molecule has 0 saturated heterocycles. The van der Waals surface area contributed by atoms with Crippen molar-refractivity contribution in [3.63, 3.8) is 0 Å². The fraction of sp³-hybridized carbons (Fsp3) is 0.500. The number of nitrogens with one attached hydrogen (secondary N) is 1. The molecule has 0 radical (unpaired) electrons. The first-order valence-electron chi connectivity index (χ1n) is 5.75. The van der Waals surface area contributed by atoms with E-state index in [1.165, 1.54) is 25.7 Å². The SMILES string of the molecule is NC(=S)c1ccc(NCCC2CCC2)cn1. The summed E-state index contributed by atoms with van der Waals surface area (Å²) < 4.78 is 0. The summed E-state index contributed by atoms with van der Waals surface area (Å²) in [4.78, 5) is 4.53. The van der Waals surface area contributed by atoms with Crippen molar-refractivity contribution in [3.05, 3.63) is 24.0 Å². The lowest BCUT2D eigenvalue weighted by Crippen LogP contribution is -2.16. The summed E-state index contributed by atoms with van der Waals surface area (Å²) in [6.45, 7) is 1.03. The number of pyridine rings is 1. The maximum absolute atomic E-state index is 5.48. The lowest BCUT2D eigenvalue weighted by Gasteiger charge is -2.25. The lowest BCUT2D eigenvalue weighted by atomic mass is 9.83. The van der Waals surface area contributed by atoms with Gasteiger partial charge in [0.25, 0.3) is 0 Å². The number of nitrogens with zero attached hydrogens (tertiary/aromatic N) is 1. The van der Waals surface area contributed by atoms with E-state index in [-0.39, 0.29) is 0 Å². The quantitative estimate of drug-likeness (QED) is 0.769. The average molecular weight is 235 g/mol. The lowest BCUT2D eigenvalue weighted by molar-refractivity contribution is 0.303. The van der Waals surface area contributed by atoms with Gasteiger partial charge in [-0.1, -0.05) is 31.5 Å². The molecule has 0 unspecified atom stereocenters. The Hall–Kier alpha value is -1.16. The molecule has 1 fully saturated rings. The number of hydrogen-bond acceptors (Lipinski definition) is 3. The van der Waals surface area contributed by atoms with Gasteiger partial charge in [-0.2, -0.15) is 0 Å². The molecule has 16 heavy (non-hydrogen) atoms. The third-order valence-electron chi connectivity index (χ3n) is 3.12. The first-order valence-corrected chi connectivity index (χ1v) is 6.16. The van der Waals surface area contributed by atoms with Crippen molar-refractivity contribution < 1.29 is 0 Å². The maximum atomic E-state index is 5.48. The topological polar surface area (TPSA) is 50.9 Å². The van der Waals surface area contributed by atoms with E-state index in [4.69, 9.17) is 18.0 Å². The van der Waals surface area contributed by atoms with Gasteiger partial charge in [-0.15, -0.1) is 0 Å². The third-order valence-corrected chi connectivity index (χ3v) is 3.33. The summed E-state index contributed by atoms with van der Waals surface area (Å²) in [5.41, 5.74) is 7.20. The Labute approximate surface area is 101 Å². The molecule has 0 spiro atoms. The van der Waals surface area contributed by atoms with Crippen molar-refractivity contribution >= 4 is 22.9 Å². The molecule has 1 heterocycles. The van der Waals surface area contributed by atoms with Crippen molar-refractivity contribution in [3.8, 4) is 0 Å². The van der Waals surface area contributed by atoms with E-state index >= 15 is 0 Å². The Kier molecular flexibility index (Phi) is 3.72. The van der Waals surface area contributed by atoms with Crippen LogP contribution in [-0.2, 0) is 0 Å². The second-order valence-corrected chi connectivity index (χ2v) is 4.75. The molecule has 1 aliphatic carbocycles. The molecule has 3 nitrogen and oxygen atoms in total. The minimum atomic E-state index is 0.348. The van der Waals surface area contributed by atoms with Gasteiger partial charge in [0, 0.05) is 6.54 Å². The molecular formula is C12H17N3S. The van der Waals surface area contributed by atoms with Crippen molar-refractivity contribution in [2.24, 2.45) is 11.7 Å². The van der Waals surface area contributed by atoms with Gasteiger partial charge in [-0.25, -0.2) is 0 Å². The predicted molar refractivity (Wildman–Crippen MR) is 70.6 cm³/mol. The molecule has 0 aliphatic heterocycles. The fourth-order valence-corrected chi connectivity index (χ4v) is 1.97. The van der Waals surface area contributed by atoms with Gasteiger partial charge >= 0.3 is 0 Å². The number of anilines is 1. The minimum absolute atomic E-state index is 0.348. The fourth-order valence-electron chi connectivity index (χ4n) is 1.85. The smallest absolute Gasteiger partial charge is 0.122 e. The van der Waals surface area contributed by atoms with E-state index < -0.39 is 0 Å². The van der Waals surface area contributed by atoms with Crippen molar-refractivity contribution in [1.29, 1.82) is 0 Å². The molecule has 1 aromatic rings. The van der Waals surface area contributed by atoms with Crippen molar-refractivity contribution in [2.45, 2.75) is 25.7 Å². The molecule has 0 amide bonds. The summed E-state index contributed by atoms with van der Waals surface area (Å²) in [5, 5.41) is 3.36. The van der Waals surface area contributed by atoms with Crippen LogP contribution in [0, 0.1) is 5.92 Å². The summed E-state index contributed by atoms with van der Waals surface area (Å²) in [7, 11) is 0. The van der Waals surface area contributed by atoms with Gasteiger partial charge in [-0.05, 0) is 24.5 Å². The molecule has 3 N–H and O–H groups in total. The van der Waals surface area contributed by atoms with Gasteiger partial charge in [0.05, 0.1) is 17.6 Å². The van der Waals surface area contributed by atoms with Crippen LogP contribution in [0.3, 0.4) is 0 Å². The highest BCUT2D eigenvalue weighted by Gasteiger charge is 2.16. The van der Waals surface area contributed by atoms with Gasteiger partial charge in [-0.3, -0.25) is 4.98 Å². The van der Waals surface area contributed by atoms with Crippen molar-refractivity contribution in [2.75, 3.05) is 11.9 Å². The minimum Gasteiger partial charge on any atom is -0.388 e. The monoisotopic (exact) mass is 235 g/mol. The highest BCUT2D eigenvalue weighted by atomic mass is 32.1. The van der Waals surface area contributed by atoms with E-state index in [0.717, 1.165) is 18.2 Å². The van der Waals surface area contributed by atoms with E-state index in [9.17, 15) is 0 Å². The van der Waals surface area contributed by atoms with Crippen LogP contribution in [0.2, 0.25) is 0 Å². The first-order chi connectivity index (χ1) is 7.75. The molecule has 1 saturated carbocycles. The van der Waals surface area contributed by atoms with Crippen LogP contribution in [-0.4, -0.2) is 16.5 Å². The molecular weight excluding hydrogens is 218 g/mol. The average Bonchev–Trinajstić information content (AvgIpc) is 2.22. The van der Waals surface area contributed by atoms with Crippen LogP contribution in [0.5, 0.6) is 0 Å². The van der Waals surface area contributed by atoms with Gasteiger partial charge in [0.2, 0.25) is 0 Å². The highest BCUT2D eigenvalue weighted by molar-refractivity contribution is 7.80. The summed E-state index contributed by atoms with van der Waals surface area (Å²) in [6, 6.07) is 3.83. The number of nitrogens with two attached hydrogens (primary N) is 1. The standard InChI is InChI=1S/C12H17N3S/c13-12(16)11-5-4-10(8-15-11)14-7-6-9-2-1-3-9/h4-5,8-9,14H,1-3,6-7H2,(H2,13,16). The molecule has 1 aromatic heterocycles. The van der Waals surface area contributed by atoms with Gasteiger partial charge in [0.15, 0.2) is 0 Å². The Morgan fingerprint density at radius 3 is 2.81 bits per heavy atom. The van der Waals surface area contributed by atoms with E-state index in [0.29, 0.717) is 10.7 Å². The van der Waals surface area contributed by atoms with Gasteiger partial charge in [0.1, 0.15) is 4.99 Å². The normalized spacial score (nSPS) is 15.5. The second kappa shape index (κ2) is 5.25. The zero-order valence-corrected chi connectivity index (χ0v) is 10.1. The van der Waals surface area contributed by atoms with Gasteiger partial charge < -0.3 is 11.1 Å².